The summed E-state index contributed by atoms with van der Waals surface area (Å²) in [4.78, 5) is 13.4. The third-order valence-electron chi connectivity index (χ3n) is 3.48. The van der Waals surface area contributed by atoms with Gasteiger partial charge >= 0.3 is 6.09 Å². The molecule has 2 rings (SSSR count). The van der Waals surface area contributed by atoms with E-state index in [1.807, 2.05) is 20.8 Å². The van der Waals surface area contributed by atoms with Crippen molar-refractivity contribution in [3.8, 4) is 0 Å². The molecule has 1 aliphatic heterocycles. The van der Waals surface area contributed by atoms with Gasteiger partial charge < -0.3 is 15.4 Å². The lowest BCUT2D eigenvalue weighted by Crippen LogP contribution is -2.53. The summed E-state index contributed by atoms with van der Waals surface area (Å²) in [7, 11) is 0. The second-order valence-corrected chi connectivity index (χ2v) is 7.52. The summed E-state index contributed by atoms with van der Waals surface area (Å²) in [5.41, 5.74) is 0.438. The molecule has 1 fully saturated rings. The standard InChI is InChI=1S/C15H24N2O2S/c1-11-9-12(10-20-11)15(5-7-16-8-6-15)17-13(18)19-14(2,3)4/h9-10,16H,5-8H2,1-4H3,(H,17,18). The molecule has 1 amide bonds. The molecule has 0 aliphatic carbocycles. The van der Waals surface area contributed by atoms with Crippen molar-refractivity contribution in [3.05, 3.63) is 21.9 Å². The molecular weight excluding hydrogens is 272 g/mol. The van der Waals surface area contributed by atoms with Gasteiger partial charge in [0.15, 0.2) is 0 Å². The average molecular weight is 296 g/mol. The Kier molecular flexibility index (Phi) is 4.39. The first-order valence-corrected chi connectivity index (χ1v) is 7.96. The average Bonchev–Trinajstić information content (AvgIpc) is 2.75. The van der Waals surface area contributed by atoms with Crippen LogP contribution in [-0.4, -0.2) is 24.8 Å². The van der Waals surface area contributed by atoms with Gasteiger partial charge in [0.1, 0.15) is 5.60 Å². The number of thiophene rings is 1. The minimum Gasteiger partial charge on any atom is -0.444 e. The van der Waals surface area contributed by atoms with Crippen molar-refractivity contribution in [1.82, 2.24) is 10.6 Å². The van der Waals surface area contributed by atoms with Gasteiger partial charge in [-0.2, -0.15) is 0 Å². The van der Waals surface area contributed by atoms with Crippen molar-refractivity contribution in [2.45, 2.75) is 51.7 Å². The number of amides is 1. The van der Waals surface area contributed by atoms with Crippen LogP contribution in [0.1, 0.15) is 44.1 Å². The van der Waals surface area contributed by atoms with Crippen LogP contribution in [0, 0.1) is 6.92 Å². The fraction of sp³-hybridized carbons (Fsp3) is 0.667. The highest BCUT2D eigenvalue weighted by atomic mass is 32.1. The highest BCUT2D eigenvalue weighted by molar-refractivity contribution is 7.10. The molecule has 112 valence electrons. The molecule has 1 aliphatic rings. The Balaban J connectivity index is 2.18. The number of alkyl carbamates (subject to hydrolysis) is 1. The van der Waals surface area contributed by atoms with E-state index in [1.165, 1.54) is 10.4 Å². The van der Waals surface area contributed by atoms with E-state index in [1.54, 1.807) is 11.3 Å². The molecule has 4 nitrogen and oxygen atoms in total. The largest absolute Gasteiger partial charge is 0.444 e. The van der Waals surface area contributed by atoms with Crippen molar-refractivity contribution >= 4 is 17.4 Å². The molecule has 0 bridgehead atoms. The third kappa shape index (κ3) is 3.73. The number of rotatable bonds is 2. The van der Waals surface area contributed by atoms with E-state index < -0.39 is 5.60 Å². The van der Waals surface area contributed by atoms with E-state index in [0.29, 0.717) is 0 Å². The van der Waals surface area contributed by atoms with E-state index in [9.17, 15) is 4.79 Å². The highest BCUT2D eigenvalue weighted by Crippen LogP contribution is 2.33. The zero-order valence-corrected chi connectivity index (χ0v) is 13.5. The maximum Gasteiger partial charge on any atom is 0.408 e. The smallest absolute Gasteiger partial charge is 0.408 e. The monoisotopic (exact) mass is 296 g/mol. The maximum absolute atomic E-state index is 12.2. The number of hydrogen-bond donors (Lipinski definition) is 2. The lowest BCUT2D eigenvalue weighted by atomic mass is 9.83. The summed E-state index contributed by atoms with van der Waals surface area (Å²) >= 11 is 1.72. The number of aryl methyl sites for hydroxylation is 1. The Morgan fingerprint density at radius 3 is 2.55 bits per heavy atom. The van der Waals surface area contributed by atoms with E-state index >= 15 is 0 Å². The minimum absolute atomic E-state index is 0.293. The van der Waals surface area contributed by atoms with Gasteiger partial charge in [-0.05, 0) is 70.6 Å². The molecule has 0 unspecified atom stereocenters. The van der Waals surface area contributed by atoms with Crippen LogP contribution in [-0.2, 0) is 10.3 Å². The molecule has 1 aromatic heterocycles. The molecular formula is C15H24N2O2S. The molecule has 0 spiro atoms. The second-order valence-electron chi connectivity index (χ2n) is 6.41. The van der Waals surface area contributed by atoms with Gasteiger partial charge in [-0.3, -0.25) is 0 Å². The van der Waals surface area contributed by atoms with Crippen LogP contribution in [0.25, 0.3) is 0 Å². The van der Waals surface area contributed by atoms with Crippen molar-refractivity contribution in [1.29, 1.82) is 0 Å². The van der Waals surface area contributed by atoms with Crippen molar-refractivity contribution < 1.29 is 9.53 Å². The molecule has 20 heavy (non-hydrogen) atoms. The predicted molar refractivity (Wildman–Crippen MR) is 82.2 cm³/mol. The van der Waals surface area contributed by atoms with Crippen LogP contribution in [0.5, 0.6) is 0 Å². The van der Waals surface area contributed by atoms with Crippen LogP contribution in [0.4, 0.5) is 4.79 Å². The zero-order chi connectivity index (χ0) is 14.8. The molecule has 0 saturated carbocycles. The van der Waals surface area contributed by atoms with E-state index in [0.717, 1.165) is 25.9 Å². The molecule has 5 heteroatoms. The van der Waals surface area contributed by atoms with Gasteiger partial charge in [-0.15, -0.1) is 11.3 Å². The number of piperidine rings is 1. The molecule has 1 aromatic rings. The van der Waals surface area contributed by atoms with Crippen molar-refractivity contribution in [3.63, 3.8) is 0 Å². The molecule has 1 saturated heterocycles. The van der Waals surface area contributed by atoms with Crippen LogP contribution < -0.4 is 10.6 Å². The van der Waals surface area contributed by atoms with E-state index in [2.05, 4.69) is 29.0 Å². The third-order valence-corrected chi connectivity index (χ3v) is 4.34. The Labute approximate surface area is 124 Å². The van der Waals surface area contributed by atoms with Gasteiger partial charge in [0.2, 0.25) is 0 Å². The number of hydrogen-bond acceptors (Lipinski definition) is 4. The predicted octanol–water partition coefficient (Wildman–Crippen LogP) is 3.16. The zero-order valence-electron chi connectivity index (χ0n) is 12.7. The van der Waals surface area contributed by atoms with Gasteiger partial charge in [0.05, 0.1) is 5.54 Å². The Hall–Kier alpha value is -1.07. The van der Waals surface area contributed by atoms with Crippen molar-refractivity contribution in [2.75, 3.05) is 13.1 Å². The fourth-order valence-electron chi connectivity index (χ4n) is 2.53. The van der Waals surface area contributed by atoms with Gasteiger partial charge in [0.25, 0.3) is 0 Å². The number of nitrogens with one attached hydrogen (secondary N) is 2. The number of carbonyl (C=O) groups excluding carboxylic acids is 1. The molecule has 2 heterocycles. The summed E-state index contributed by atoms with van der Waals surface area (Å²) in [6.45, 7) is 9.56. The summed E-state index contributed by atoms with van der Waals surface area (Å²) < 4.78 is 5.43. The summed E-state index contributed by atoms with van der Waals surface area (Å²) in [6, 6.07) is 2.17. The second kappa shape index (κ2) is 5.74. The maximum atomic E-state index is 12.2. The first kappa shape index (κ1) is 15.3. The summed E-state index contributed by atoms with van der Waals surface area (Å²) in [6.07, 6.45) is 1.45. The Morgan fingerprint density at radius 1 is 1.40 bits per heavy atom. The normalized spacial score (nSPS) is 18.6. The highest BCUT2D eigenvalue weighted by Gasteiger charge is 2.37. The SMILES string of the molecule is Cc1cc(C2(NC(=O)OC(C)(C)C)CCNCC2)cs1. The lowest BCUT2D eigenvalue weighted by Gasteiger charge is -2.38. The van der Waals surface area contributed by atoms with Gasteiger partial charge in [-0.1, -0.05) is 0 Å². The molecule has 0 aromatic carbocycles. The lowest BCUT2D eigenvalue weighted by molar-refractivity contribution is 0.0426. The van der Waals surface area contributed by atoms with Gasteiger partial charge in [0, 0.05) is 4.88 Å². The first-order chi connectivity index (χ1) is 9.31. The fourth-order valence-corrected chi connectivity index (χ4v) is 3.33. The minimum atomic E-state index is -0.469. The van der Waals surface area contributed by atoms with Crippen molar-refractivity contribution in [2.24, 2.45) is 0 Å². The van der Waals surface area contributed by atoms with Crippen LogP contribution in [0.15, 0.2) is 11.4 Å². The first-order valence-electron chi connectivity index (χ1n) is 7.08. The van der Waals surface area contributed by atoms with Crippen LogP contribution in [0.3, 0.4) is 0 Å². The molecule has 2 N–H and O–H groups in total. The van der Waals surface area contributed by atoms with E-state index in [-0.39, 0.29) is 11.6 Å². The number of carbonyl (C=O) groups is 1. The molecule has 0 radical (unpaired) electrons. The van der Waals surface area contributed by atoms with Gasteiger partial charge in [-0.25, -0.2) is 4.79 Å². The summed E-state index contributed by atoms with van der Waals surface area (Å²) in [5.74, 6) is 0. The van der Waals surface area contributed by atoms with E-state index in [4.69, 9.17) is 4.74 Å². The Morgan fingerprint density at radius 2 is 2.05 bits per heavy atom. The summed E-state index contributed by atoms with van der Waals surface area (Å²) in [5, 5.41) is 8.62. The Bertz CT molecular complexity index is 470. The molecule has 0 atom stereocenters. The van der Waals surface area contributed by atoms with Crippen LogP contribution in [0.2, 0.25) is 0 Å². The number of ether oxygens (including phenoxy) is 1. The van der Waals surface area contributed by atoms with Crippen LogP contribution >= 0.6 is 11.3 Å². The topological polar surface area (TPSA) is 50.4 Å². The quantitative estimate of drug-likeness (QED) is 0.881.